The van der Waals surface area contributed by atoms with Gasteiger partial charge in [-0.2, -0.15) is 5.26 Å². The molecular formula is C21H18N4O2S. The molecule has 6 nitrogen and oxygen atoms in total. The number of rotatable bonds is 5. The average Bonchev–Trinajstić information content (AvgIpc) is 3.14. The first-order valence-electron chi connectivity index (χ1n) is 8.54. The number of nitrogens with one attached hydrogen (secondary N) is 1. The van der Waals surface area contributed by atoms with Gasteiger partial charge in [-0.25, -0.2) is 4.98 Å². The standard InChI is InChI=1S/C21H18N4O2S/c1-13-7-14(2)20(15(3)8-13)23-11-17(10-22)21-24-19(12-28-21)16-5-4-6-18(9-16)25(26)27/h4-9,11-12,23H,1-3H3. The highest BCUT2D eigenvalue weighted by Crippen LogP contribution is 2.29. The molecule has 0 bridgehead atoms. The molecule has 28 heavy (non-hydrogen) atoms. The maximum Gasteiger partial charge on any atom is 0.270 e. The molecule has 1 aromatic heterocycles. The number of aromatic nitrogens is 1. The Morgan fingerprint density at radius 2 is 1.96 bits per heavy atom. The van der Waals surface area contributed by atoms with Crippen molar-refractivity contribution in [2.75, 3.05) is 5.32 Å². The number of anilines is 1. The number of non-ortho nitro benzene ring substituents is 1. The summed E-state index contributed by atoms with van der Waals surface area (Å²) in [5, 5.41) is 26.1. The molecule has 0 atom stereocenters. The van der Waals surface area contributed by atoms with E-state index in [-0.39, 0.29) is 5.69 Å². The second-order valence-corrected chi connectivity index (χ2v) is 7.29. The van der Waals surface area contributed by atoms with Gasteiger partial charge in [-0.1, -0.05) is 29.8 Å². The molecule has 0 aliphatic heterocycles. The molecule has 3 aromatic rings. The highest BCUT2D eigenvalue weighted by atomic mass is 32.1. The van der Waals surface area contributed by atoms with Crippen molar-refractivity contribution in [2.45, 2.75) is 20.8 Å². The van der Waals surface area contributed by atoms with Gasteiger partial charge in [-0.15, -0.1) is 11.3 Å². The van der Waals surface area contributed by atoms with E-state index in [1.165, 1.54) is 29.0 Å². The molecule has 1 N–H and O–H groups in total. The minimum absolute atomic E-state index is 0.00934. The van der Waals surface area contributed by atoms with Crippen LogP contribution in [0.2, 0.25) is 0 Å². The van der Waals surface area contributed by atoms with Crippen LogP contribution in [0.3, 0.4) is 0 Å². The van der Waals surface area contributed by atoms with Gasteiger partial charge in [0.05, 0.1) is 10.6 Å². The maximum absolute atomic E-state index is 11.0. The summed E-state index contributed by atoms with van der Waals surface area (Å²) < 4.78 is 0. The molecule has 0 aliphatic carbocycles. The molecule has 0 radical (unpaired) electrons. The summed E-state index contributed by atoms with van der Waals surface area (Å²) in [4.78, 5) is 15.0. The van der Waals surface area contributed by atoms with E-state index in [2.05, 4.69) is 28.5 Å². The number of hydrogen-bond acceptors (Lipinski definition) is 6. The quantitative estimate of drug-likeness (QED) is 0.347. The van der Waals surface area contributed by atoms with Crippen LogP contribution in [0.4, 0.5) is 11.4 Å². The lowest BCUT2D eigenvalue weighted by atomic mass is 10.1. The first-order valence-corrected chi connectivity index (χ1v) is 9.42. The number of nitrogens with zero attached hydrogens (tertiary/aromatic N) is 3. The van der Waals surface area contributed by atoms with E-state index in [0.717, 1.165) is 16.8 Å². The lowest BCUT2D eigenvalue weighted by molar-refractivity contribution is -0.384. The van der Waals surface area contributed by atoms with E-state index >= 15 is 0 Å². The van der Waals surface area contributed by atoms with E-state index < -0.39 is 4.92 Å². The molecule has 1 heterocycles. The van der Waals surface area contributed by atoms with Gasteiger partial charge >= 0.3 is 0 Å². The Bertz CT molecular complexity index is 1100. The number of aryl methyl sites for hydroxylation is 3. The van der Waals surface area contributed by atoms with Crippen LogP contribution >= 0.6 is 11.3 Å². The van der Waals surface area contributed by atoms with E-state index in [1.54, 1.807) is 23.7 Å². The highest BCUT2D eigenvalue weighted by Gasteiger charge is 2.12. The minimum Gasteiger partial charge on any atom is -0.360 e. The Morgan fingerprint density at radius 1 is 1.25 bits per heavy atom. The molecule has 0 saturated heterocycles. The van der Waals surface area contributed by atoms with Crippen LogP contribution in [-0.4, -0.2) is 9.91 Å². The summed E-state index contributed by atoms with van der Waals surface area (Å²) >= 11 is 1.33. The Kier molecular flexibility index (Phi) is 5.52. The zero-order valence-corrected chi connectivity index (χ0v) is 16.5. The fourth-order valence-electron chi connectivity index (χ4n) is 3.00. The van der Waals surface area contributed by atoms with Gasteiger partial charge in [0, 0.05) is 35.0 Å². The normalized spacial score (nSPS) is 11.1. The minimum atomic E-state index is -0.437. The molecule has 2 aromatic carbocycles. The summed E-state index contributed by atoms with van der Waals surface area (Å²) in [5.74, 6) is 0. The maximum atomic E-state index is 11.0. The lowest BCUT2D eigenvalue weighted by Crippen LogP contribution is -1.97. The Hall–Kier alpha value is -3.50. The van der Waals surface area contributed by atoms with Crippen molar-refractivity contribution in [1.29, 1.82) is 5.26 Å². The van der Waals surface area contributed by atoms with E-state index in [1.807, 2.05) is 20.8 Å². The average molecular weight is 390 g/mol. The predicted octanol–water partition coefficient (Wildman–Crippen LogP) is 5.62. The first-order chi connectivity index (χ1) is 13.4. The topological polar surface area (TPSA) is 91.8 Å². The number of nitro benzene ring substituents is 1. The van der Waals surface area contributed by atoms with Crippen LogP contribution in [0, 0.1) is 42.2 Å². The summed E-state index contributed by atoms with van der Waals surface area (Å²) in [7, 11) is 0. The molecule has 7 heteroatoms. The summed E-state index contributed by atoms with van der Waals surface area (Å²) in [6, 6.07) is 12.6. The van der Waals surface area contributed by atoms with Gasteiger partial charge in [0.2, 0.25) is 0 Å². The molecule has 0 fully saturated rings. The molecule has 0 unspecified atom stereocenters. The lowest BCUT2D eigenvalue weighted by Gasteiger charge is -2.11. The van der Waals surface area contributed by atoms with Crippen molar-refractivity contribution < 1.29 is 4.92 Å². The van der Waals surface area contributed by atoms with Crippen LogP contribution in [-0.2, 0) is 0 Å². The van der Waals surface area contributed by atoms with E-state index in [4.69, 9.17) is 0 Å². The van der Waals surface area contributed by atoms with Crippen molar-refractivity contribution in [1.82, 2.24) is 4.98 Å². The zero-order valence-electron chi connectivity index (χ0n) is 15.7. The summed E-state index contributed by atoms with van der Waals surface area (Å²) in [6.45, 7) is 6.09. The molecule has 0 aliphatic rings. The fourth-order valence-corrected chi connectivity index (χ4v) is 3.80. The zero-order chi connectivity index (χ0) is 20.3. The van der Waals surface area contributed by atoms with Gasteiger partial charge in [0.25, 0.3) is 5.69 Å². The van der Waals surface area contributed by atoms with Gasteiger partial charge in [-0.3, -0.25) is 10.1 Å². The second-order valence-electron chi connectivity index (χ2n) is 6.43. The van der Waals surface area contributed by atoms with Crippen LogP contribution in [0.15, 0.2) is 48.0 Å². The van der Waals surface area contributed by atoms with Crippen LogP contribution in [0.25, 0.3) is 16.8 Å². The largest absolute Gasteiger partial charge is 0.360 e. The van der Waals surface area contributed by atoms with Crippen molar-refractivity contribution >= 4 is 28.3 Å². The summed E-state index contributed by atoms with van der Waals surface area (Å²) in [6.07, 6.45) is 1.65. The molecule has 140 valence electrons. The highest BCUT2D eigenvalue weighted by molar-refractivity contribution is 7.11. The number of benzene rings is 2. The van der Waals surface area contributed by atoms with Gasteiger partial charge in [0.15, 0.2) is 0 Å². The van der Waals surface area contributed by atoms with E-state index in [0.29, 0.717) is 21.8 Å². The van der Waals surface area contributed by atoms with E-state index in [9.17, 15) is 15.4 Å². The monoisotopic (exact) mass is 390 g/mol. The van der Waals surface area contributed by atoms with Crippen molar-refractivity contribution in [3.63, 3.8) is 0 Å². The Labute approximate surface area is 167 Å². The summed E-state index contributed by atoms with van der Waals surface area (Å²) in [5.41, 5.74) is 6.01. The first kappa shape index (κ1) is 19.3. The van der Waals surface area contributed by atoms with Gasteiger partial charge < -0.3 is 5.32 Å². The van der Waals surface area contributed by atoms with Crippen LogP contribution in [0.1, 0.15) is 21.7 Å². The molecule has 3 rings (SSSR count). The molecular weight excluding hydrogens is 372 g/mol. The molecule has 0 spiro atoms. The third-order valence-electron chi connectivity index (χ3n) is 4.25. The number of nitro groups is 1. The SMILES string of the molecule is Cc1cc(C)c(NC=C(C#N)c2nc(-c3cccc([N+](=O)[O-])c3)cs2)c(C)c1. The molecule has 0 saturated carbocycles. The number of allylic oxidation sites excluding steroid dienone is 1. The number of nitriles is 1. The van der Waals surface area contributed by atoms with Crippen molar-refractivity contribution in [3.05, 3.63) is 79.8 Å². The van der Waals surface area contributed by atoms with Crippen LogP contribution in [0.5, 0.6) is 0 Å². The third-order valence-corrected chi connectivity index (χ3v) is 5.12. The second kappa shape index (κ2) is 8.03. The van der Waals surface area contributed by atoms with Gasteiger partial charge in [0.1, 0.15) is 16.6 Å². The third kappa shape index (κ3) is 4.08. The van der Waals surface area contributed by atoms with Crippen LogP contribution < -0.4 is 5.32 Å². The van der Waals surface area contributed by atoms with Gasteiger partial charge in [-0.05, 0) is 31.9 Å². The smallest absolute Gasteiger partial charge is 0.270 e. The predicted molar refractivity (Wildman–Crippen MR) is 112 cm³/mol. The number of hydrogen-bond donors (Lipinski definition) is 1. The fraction of sp³-hybridized carbons (Fsp3) is 0.143. The Balaban J connectivity index is 1.89. The van der Waals surface area contributed by atoms with Crippen molar-refractivity contribution in [2.24, 2.45) is 0 Å². The Morgan fingerprint density at radius 3 is 2.61 bits per heavy atom. The molecule has 0 amide bonds. The van der Waals surface area contributed by atoms with Crippen molar-refractivity contribution in [3.8, 4) is 17.3 Å². The number of thiazole rings is 1.